The van der Waals surface area contributed by atoms with Crippen LogP contribution in [-0.2, 0) is 0 Å². The maximum absolute atomic E-state index is 5.85. The normalized spacial score (nSPS) is 10.9. The topological polar surface area (TPSA) is 56.2 Å². The number of rotatable bonds is 1. The van der Waals surface area contributed by atoms with Crippen LogP contribution in [-0.4, -0.2) is 14.6 Å². The Morgan fingerprint density at radius 2 is 1.88 bits per heavy atom. The van der Waals surface area contributed by atoms with E-state index in [1.807, 2.05) is 36.4 Å². The van der Waals surface area contributed by atoms with Crippen molar-refractivity contribution in [1.82, 2.24) is 14.6 Å². The Labute approximate surface area is 103 Å². The van der Waals surface area contributed by atoms with E-state index in [2.05, 4.69) is 10.1 Å². The molecule has 17 heavy (non-hydrogen) atoms. The molecule has 0 atom stereocenters. The van der Waals surface area contributed by atoms with Crippen molar-refractivity contribution in [3.63, 3.8) is 0 Å². The second-order valence-corrected chi connectivity index (χ2v) is 4.06. The second kappa shape index (κ2) is 3.75. The lowest BCUT2D eigenvalue weighted by Gasteiger charge is -1.97. The van der Waals surface area contributed by atoms with Crippen molar-refractivity contribution < 1.29 is 0 Å². The van der Waals surface area contributed by atoms with Crippen LogP contribution in [0.3, 0.4) is 0 Å². The number of hydrogen-bond donors (Lipinski definition) is 1. The lowest BCUT2D eigenvalue weighted by molar-refractivity contribution is 0.956. The molecule has 3 rings (SSSR count). The number of hydrogen-bond acceptors (Lipinski definition) is 3. The summed E-state index contributed by atoms with van der Waals surface area (Å²) in [7, 11) is 0. The zero-order chi connectivity index (χ0) is 11.8. The lowest BCUT2D eigenvalue weighted by Crippen LogP contribution is -1.99. The van der Waals surface area contributed by atoms with Crippen molar-refractivity contribution in [1.29, 1.82) is 0 Å². The van der Waals surface area contributed by atoms with E-state index >= 15 is 0 Å². The van der Waals surface area contributed by atoms with Crippen molar-refractivity contribution in [3.8, 4) is 11.3 Å². The number of aromatic nitrogens is 3. The summed E-state index contributed by atoms with van der Waals surface area (Å²) < 4.78 is 1.58. The van der Waals surface area contributed by atoms with Crippen molar-refractivity contribution in [2.75, 3.05) is 5.73 Å². The molecule has 2 aromatic heterocycles. The maximum atomic E-state index is 5.85. The molecule has 0 bridgehead atoms. The Hall–Kier alpha value is -2.07. The first-order valence-electron chi connectivity index (χ1n) is 5.11. The van der Waals surface area contributed by atoms with E-state index in [1.165, 1.54) is 0 Å². The molecule has 0 radical (unpaired) electrons. The van der Waals surface area contributed by atoms with Crippen LogP contribution in [0.1, 0.15) is 0 Å². The fraction of sp³-hybridized carbons (Fsp3) is 0. The van der Waals surface area contributed by atoms with Gasteiger partial charge in [-0.05, 0) is 0 Å². The smallest absolute Gasteiger partial charge is 0.159 e. The van der Waals surface area contributed by atoms with Gasteiger partial charge in [-0.3, -0.25) is 0 Å². The monoisotopic (exact) mass is 244 g/mol. The molecule has 0 aliphatic carbocycles. The van der Waals surface area contributed by atoms with Gasteiger partial charge in [0.2, 0.25) is 0 Å². The fourth-order valence-electron chi connectivity index (χ4n) is 1.72. The van der Waals surface area contributed by atoms with Crippen LogP contribution in [0.4, 0.5) is 5.82 Å². The van der Waals surface area contributed by atoms with E-state index in [-0.39, 0.29) is 0 Å². The van der Waals surface area contributed by atoms with Crippen LogP contribution in [0.25, 0.3) is 16.9 Å². The first-order chi connectivity index (χ1) is 8.24. The molecule has 0 amide bonds. The van der Waals surface area contributed by atoms with E-state index in [4.69, 9.17) is 17.3 Å². The minimum Gasteiger partial charge on any atom is -0.383 e. The molecule has 0 unspecified atom stereocenters. The number of nitrogens with zero attached hydrogens (tertiary/aromatic N) is 3. The average Bonchev–Trinajstić information content (AvgIpc) is 2.74. The summed E-state index contributed by atoms with van der Waals surface area (Å²) in [5.41, 5.74) is 8.32. The quantitative estimate of drug-likeness (QED) is 0.670. The first kappa shape index (κ1) is 10.1. The van der Waals surface area contributed by atoms with Gasteiger partial charge < -0.3 is 5.73 Å². The highest BCUT2D eigenvalue weighted by molar-refractivity contribution is 6.29. The Morgan fingerprint density at radius 3 is 2.65 bits per heavy atom. The molecular formula is C12H9ClN4. The summed E-state index contributed by atoms with van der Waals surface area (Å²) >= 11 is 5.85. The zero-order valence-electron chi connectivity index (χ0n) is 8.84. The highest BCUT2D eigenvalue weighted by Gasteiger charge is 2.07. The van der Waals surface area contributed by atoms with E-state index in [0.717, 1.165) is 11.3 Å². The largest absolute Gasteiger partial charge is 0.383 e. The Bertz CT molecular complexity index is 676. The molecule has 3 aromatic rings. The van der Waals surface area contributed by atoms with Crippen molar-refractivity contribution >= 4 is 23.1 Å². The van der Waals surface area contributed by atoms with Crippen molar-refractivity contribution in [3.05, 3.63) is 47.6 Å². The Balaban J connectivity index is 2.24. The molecule has 0 fully saturated rings. The Kier molecular flexibility index (Phi) is 2.23. The van der Waals surface area contributed by atoms with Gasteiger partial charge in [-0.15, -0.1) is 0 Å². The van der Waals surface area contributed by atoms with E-state index in [0.29, 0.717) is 16.6 Å². The molecule has 4 nitrogen and oxygen atoms in total. The molecule has 2 heterocycles. The summed E-state index contributed by atoms with van der Waals surface area (Å²) in [4.78, 5) is 4.17. The number of halogens is 1. The molecule has 0 aliphatic rings. The van der Waals surface area contributed by atoms with Gasteiger partial charge in [0, 0.05) is 17.7 Å². The van der Waals surface area contributed by atoms with Crippen LogP contribution in [0.2, 0.25) is 5.15 Å². The van der Waals surface area contributed by atoms with Gasteiger partial charge in [-0.25, -0.2) is 4.98 Å². The van der Waals surface area contributed by atoms with Gasteiger partial charge >= 0.3 is 0 Å². The van der Waals surface area contributed by atoms with Crippen molar-refractivity contribution in [2.24, 2.45) is 0 Å². The molecule has 1 aromatic carbocycles. The number of nitrogen functional groups attached to an aromatic ring is 1. The standard InChI is InChI=1S/C12H9ClN4/c13-10-7-11(14)17-12(15-10)6-9(16-17)8-4-2-1-3-5-8/h1-7H,14H2. The predicted molar refractivity (Wildman–Crippen MR) is 67.8 cm³/mol. The number of benzene rings is 1. The highest BCUT2D eigenvalue weighted by Crippen LogP contribution is 2.21. The summed E-state index contributed by atoms with van der Waals surface area (Å²) in [6.07, 6.45) is 0. The maximum Gasteiger partial charge on any atom is 0.159 e. The van der Waals surface area contributed by atoms with Crippen LogP contribution in [0, 0.1) is 0 Å². The molecule has 2 N–H and O–H groups in total. The molecule has 84 valence electrons. The molecule has 0 spiro atoms. The lowest BCUT2D eigenvalue weighted by atomic mass is 10.2. The van der Waals surface area contributed by atoms with E-state index in [9.17, 15) is 0 Å². The van der Waals surface area contributed by atoms with E-state index < -0.39 is 0 Å². The minimum absolute atomic E-state index is 0.370. The summed E-state index contributed by atoms with van der Waals surface area (Å²) in [6.45, 7) is 0. The number of anilines is 1. The summed E-state index contributed by atoms with van der Waals surface area (Å²) in [5, 5.41) is 4.76. The first-order valence-corrected chi connectivity index (χ1v) is 5.49. The summed E-state index contributed by atoms with van der Waals surface area (Å²) in [6, 6.07) is 13.3. The average molecular weight is 245 g/mol. The summed E-state index contributed by atoms with van der Waals surface area (Å²) in [5.74, 6) is 0.474. The van der Waals surface area contributed by atoms with Crippen molar-refractivity contribution in [2.45, 2.75) is 0 Å². The van der Waals surface area contributed by atoms with Gasteiger partial charge in [-0.1, -0.05) is 41.9 Å². The third-order valence-electron chi connectivity index (χ3n) is 2.49. The van der Waals surface area contributed by atoms with Crippen LogP contribution in [0.15, 0.2) is 42.5 Å². The Morgan fingerprint density at radius 1 is 1.12 bits per heavy atom. The SMILES string of the molecule is Nc1cc(Cl)nc2cc(-c3ccccc3)nn12. The third-order valence-corrected chi connectivity index (χ3v) is 2.69. The minimum atomic E-state index is 0.370. The van der Waals surface area contributed by atoms with Gasteiger partial charge in [0.15, 0.2) is 5.65 Å². The highest BCUT2D eigenvalue weighted by atomic mass is 35.5. The second-order valence-electron chi connectivity index (χ2n) is 3.67. The zero-order valence-corrected chi connectivity index (χ0v) is 9.59. The molecule has 5 heteroatoms. The van der Waals surface area contributed by atoms with Gasteiger partial charge in [0.1, 0.15) is 11.0 Å². The van der Waals surface area contributed by atoms with Gasteiger partial charge in [0.25, 0.3) is 0 Å². The fourth-order valence-corrected chi connectivity index (χ4v) is 1.91. The van der Waals surface area contributed by atoms with E-state index in [1.54, 1.807) is 10.6 Å². The molecule has 0 aliphatic heterocycles. The van der Waals surface area contributed by atoms with Crippen LogP contribution >= 0.6 is 11.6 Å². The van der Waals surface area contributed by atoms with Gasteiger partial charge in [0.05, 0.1) is 5.69 Å². The molecule has 0 saturated carbocycles. The van der Waals surface area contributed by atoms with Crippen LogP contribution < -0.4 is 5.73 Å². The van der Waals surface area contributed by atoms with Crippen LogP contribution in [0.5, 0.6) is 0 Å². The number of nitrogens with two attached hydrogens (primary N) is 1. The number of fused-ring (bicyclic) bond motifs is 1. The predicted octanol–water partition coefficient (Wildman–Crippen LogP) is 2.63. The third kappa shape index (κ3) is 1.72. The molecule has 0 saturated heterocycles. The van der Waals surface area contributed by atoms with Gasteiger partial charge in [-0.2, -0.15) is 9.61 Å². The molecular weight excluding hydrogens is 236 g/mol.